The number of nitrogens with two attached hydrogens (primary N) is 1. The second-order valence-electron chi connectivity index (χ2n) is 4.28. The predicted molar refractivity (Wildman–Crippen MR) is 73.9 cm³/mol. The zero-order valence-electron chi connectivity index (χ0n) is 11.3. The van der Waals surface area contributed by atoms with Crippen LogP contribution in [0.5, 0.6) is 11.5 Å². The van der Waals surface area contributed by atoms with Crippen molar-refractivity contribution in [1.82, 2.24) is 5.43 Å². The van der Waals surface area contributed by atoms with E-state index >= 15 is 0 Å². The molecule has 0 aliphatic carbocycles. The standard InChI is InChI=1S/C12H20N2O4S/c1-17-10-6-9(7-11(8-10)18-2)12(14-13)4-5-19(3,15)16/h6-8,12,14H,4-5,13H2,1-3H3. The van der Waals surface area contributed by atoms with Crippen LogP contribution in [0.4, 0.5) is 0 Å². The smallest absolute Gasteiger partial charge is 0.147 e. The van der Waals surface area contributed by atoms with Gasteiger partial charge in [-0.1, -0.05) is 0 Å². The van der Waals surface area contributed by atoms with Crippen LogP contribution < -0.4 is 20.7 Å². The Bertz CT molecular complexity index is 494. The van der Waals surface area contributed by atoms with Gasteiger partial charge in [-0.3, -0.25) is 11.3 Å². The fourth-order valence-electron chi connectivity index (χ4n) is 1.71. The van der Waals surface area contributed by atoms with Crippen molar-refractivity contribution in [2.45, 2.75) is 12.5 Å². The van der Waals surface area contributed by atoms with Crippen molar-refractivity contribution in [3.05, 3.63) is 23.8 Å². The molecule has 0 aliphatic heterocycles. The molecule has 108 valence electrons. The number of methoxy groups -OCH3 is 2. The number of nitrogens with one attached hydrogen (secondary N) is 1. The van der Waals surface area contributed by atoms with E-state index in [1.54, 1.807) is 32.4 Å². The summed E-state index contributed by atoms with van der Waals surface area (Å²) in [6.45, 7) is 0. The summed E-state index contributed by atoms with van der Waals surface area (Å²) >= 11 is 0. The van der Waals surface area contributed by atoms with Gasteiger partial charge in [-0.15, -0.1) is 0 Å². The highest BCUT2D eigenvalue weighted by atomic mass is 32.2. The van der Waals surface area contributed by atoms with Crippen molar-refractivity contribution in [2.75, 3.05) is 26.2 Å². The molecule has 0 amide bonds. The first kappa shape index (κ1) is 15.7. The van der Waals surface area contributed by atoms with Gasteiger partial charge in [0.05, 0.1) is 20.0 Å². The van der Waals surface area contributed by atoms with Crippen molar-refractivity contribution in [2.24, 2.45) is 5.84 Å². The molecule has 0 aliphatic rings. The van der Waals surface area contributed by atoms with E-state index in [2.05, 4.69) is 5.43 Å². The summed E-state index contributed by atoms with van der Waals surface area (Å²) in [7, 11) is 0.0843. The molecule has 0 saturated heterocycles. The van der Waals surface area contributed by atoms with Crippen LogP contribution in [0.2, 0.25) is 0 Å². The van der Waals surface area contributed by atoms with E-state index in [0.717, 1.165) is 5.56 Å². The van der Waals surface area contributed by atoms with Gasteiger partial charge < -0.3 is 9.47 Å². The van der Waals surface area contributed by atoms with E-state index in [1.807, 2.05) is 0 Å². The monoisotopic (exact) mass is 288 g/mol. The summed E-state index contributed by atoms with van der Waals surface area (Å²) in [5.74, 6) is 6.81. The fraction of sp³-hybridized carbons (Fsp3) is 0.500. The second kappa shape index (κ2) is 6.74. The van der Waals surface area contributed by atoms with Gasteiger partial charge in [0.2, 0.25) is 0 Å². The maximum absolute atomic E-state index is 11.2. The Hall–Kier alpha value is -1.31. The fourth-order valence-corrected chi connectivity index (χ4v) is 2.37. The first-order chi connectivity index (χ1) is 8.89. The molecular weight excluding hydrogens is 268 g/mol. The van der Waals surface area contributed by atoms with E-state index in [4.69, 9.17) is 15.3 Å². The Kier molecular flexibility index (Phi) is 5.59. The lowest BCUT2D eigenvalue weighted by molar-refractivity contribution is 0.391. The highest BCUT2D eigenvalue weighted by Crippen LogP contribution is 2.27. The van der Waals surface area contributed by atoms with Crippen LogP contribution in [0.1, 0.15) is 18.0 Å². The molecule has 0 saturated carbocycles. The third-order valence-electron chi connectivity index (χ3n) is 2.75. The van der Waals surface area contributed by atoms with Crippen molar-refractivity contribution >= 4 is 9.84 Å². The number of hydrogen-bond acceptors (Lipinski definition) is 6. The van der Waals surface area contributed by atoms with Crippen molar-refractivity contribution < 1.29 is 17.9 Å². The molecule has 0 fully saturated rings. The maximum Gasteiger partial charge on any atom is 0.147 e. The molecule has 1 atom stereocenters. The van der Waals surface area contributed by atoms with Crippen LogP contribution in [-0.2, 0) is 9.84 Å². The summed E-state index contributed by atoms with van der Waals surface area (Å²) < 4.78 is 32.8. The Morgan fingerprint density at radius 3 is 2.11 bits per heavy atom. The highest BCUT2D eigenvalue weighted by Gasteiger charge is 2.15. The molecule has 0 bridgehead atoms. The van der Waals surface area contributed by atoms with Crippen LogP contribution in [0.25, 0.3) is 0 Å². The van der Waals surface area contributed by atoms with Gasteiger partial charge in [-0.25, -0.2) is 8.42 Å². The van der Waals surface area contributed by atoms with Gasteiger partial charge in [0.1, 0.15) is 21.3 Å². The maximum atomic E-state index is 11.2. The van der Waals surface area contributed by atoms with Crippen LogP contribution in [-0.4, -0.2) is 34.6 Å². The molecule has 6 nitrogen and oxygen atoms in total. The zero-order chi connectivity index (χ0) is 14.5. The van der Waals surface area contributed by atoms with Crippen LogP contribution in [0, 0.1) is 0 Å². The van der Waals surface area contributed by atoms with E-state index in [0.29, 0.717) is 17.9 Å². The molecule has 1 rings (SSSR count). The summed E-state index contributed by atoms with van der Waals surface area (Å²) in [5, 5.41) is 0. The predicted octanol–water partition coefficient (Wildman–Crippen LogP) is 0.643. The van der Waals surface area contributed by atoms with Gasteiger partial charge in [-0.05, 0) is 24.1 Å². The molecule has 0 aromatic heterocycles. The minimum absolute atomic E-state index is 0.0569. The molecular formula is C12H20N2O4S. The van der Waals surface area contributed by atoms with E-state index in [-0.39, 0.29) is 11.8 Å². The average Bonchev–Trinajstić information content (AvgIpc) is 2.37. The lowest BCUT2D eigenvalue weighted by Gasteiger charge is -2.17. The lowest BCUT2D eigenvalue weighted by atomic mass is 10.0. The molecule has 1 aromatic carbocycles. The van der Waals surface area contributed by atoms with Crippen molar-refractivity contribution in [1.29, 1.82) is 0 Å². The number of hydrogen-bond donors (Lipinski definition) is 2. The summed E-state index contributed by atoms with van der Waals surface area (Å²) in [6, 6.07) is 5.07. The Labute approximate surface area is 113 Å². The minimum Gasteiger partial charge on any atom is -0.497 e. The van der Waals surface area contributed by atoms with E-state index < -0.39 is 9.84 Å². The first-order valence-corrected chi connectivity index (χ1v) is 7.82. The normalized spacial score (nSPS) is 13.1. The van der Waals surface area contributed by atoms with Gasteiger partial charge in [0, 0.05) is 18.4 Å². The Morgan fingerprint density at radius 1 is 1.21 bits per heavy atom. The van der Waals surface area contributed by atoms with Gasteiger partial charge >= 0.3 is 0 Å². The molecule has 1 aromatic rings. The second-order valence-corrected chi connectivity index (χ2v) is 6.54. The third kappa shape index (κ3) is 5.06. The van der Waals surface area contributed by atoms with E-state index in [9.17, 15) is 8.42 Å². The Morgan fingerprint density at radius 2 is 1.74 bits per heavy atom. The number of sulfone groups is 1. The quantitative estimate of drug-likeness (QED) is 0.565. The molecule has 1 unspecified atom stereocenters. The third-order valence-corrected chi connectivity index (χ3v) is 3.73. The number of benzene rings is 1. The van der Waals surface area contributed by atoms with Gasteiger partial charge in [0.15, 0.2) is 0 Å². The number of hydrazine groups is 1. The largest absolute Gasteiger partial charge is 0.497 e. The van der Waals surface area contributed by atoms with Crippen molar-refractivity contribution in [3.63, 3.8) is 0 Å². The lowest BCUT2D eigenvalue weighted by Crippen LogP contribution is -2.29. The van der Waals surface area contributed by atoms with Crippen molar-refractivity contribution in [3.8, 4) is 11.5 Å². The highest BCUT2D eigenvalue weighted by molar-refractivity contribution is 7.90. The van der Waals surface area contributed by atoms with Gasteiger partial charge in [0.25, 0.3) is 0 Å². The summed E-state index contributed by atoms with van der Waals surface area (Å²) in [5.41, 5.74) is 3.44. The van der Waals surface area contributed by atoms with Crippen LogP contribution in [0.15, 0.2) is 18.2 Å². The van der Waals surface area contributed by atoms with Crippen LogP contribution in [0.3, 0.4) is 0 Å². The first-order valence-electron chi connectivity index (χ1n) is 5.76. The molecule has 0 heterocycles. The van der Waals surface area contributed by atoms with E-state index in [1.165, 1.54) is 6.26 Å². The SMILES string of the molecule is COc1cc(OC)cc(C(CCS(C)(=O)=O)NN)c1. The average molecular weight is 288 g/mol. The number of ether oxygens (including phenoxy) is 2. The van der Waals surface area contributed by atoms with Crippen LogP contribution >= 0.6 is 0 Å². The molecule has 19 heavy (non-hydrogen) atoms. The number of rotatable bonds is 7. The minimum atomic E-state index is -3.03. The summed E-state index contributed by atoms with van der Waals surface area (Å²) in [6.07, 6.45) is 1.58. The molecule has 0 spiro atoms. The van der Waals surface area contributed by atoms with Gasteiger partial charge in [-0.2, -0.15) is 0 Å². The molecule has 0 radical (unpaired) electrons. The summed E-state index contributed by atoms with van der Waals surface area (Å²) in [4.78, 5) is 0. The Balaban J connectivity index is 2.96. The molecule has 7 heteroatoms. The molecule has 3 N–H and O–H groups in total. The zero-order valence-corrected chi connectivity index (χ0v) is 12.2. The topological polar surface area (TPSA) is 90.6 Å².